The van der Waals surface area contributed by atoms with Gasteiger partial charge in [-0.05, 0) is 45.0 Å². The van der Waals surface area contributed by atoms with Gasteiger partial charge < -0.3 is 10.0 Å². The lowest BCUT2D eigenvalue weighted by Crippen LogP contribution is -2.34. The van der Waals surface area contributed by atoms with Crippen LogP contribution in [0.2, 0.25) is 0 Å². The first kappa shape index (κ1) is 20.1. The van der Waals surface area contributed by atoms with Gasteiger partial charge in [-0.1, -0.05) is 0 Å². The van der Waals surface area contributed by atoms with E-state index in [1.165, 1.54) is 40.5 Å². The van der Waals surface area contributed by atoms with Crippen LogP contribution < -0.4 is 0 Å². The second kappa shape index (κ2) is 8.25. The van der Waals surface area contributed by atoms with Gasteiger partial charge in [0.2, 0.25) is 10.0 Å². The largest absolute Gasteiger partial charge is 0.481 e. The van der Waals surface area contributed by atoms with E-state index in [0.717, 1.165) is 0 Å². The summed E-state index contributed by atoms with van der Waals surface area (Å²) in [6, 6.07) is 5.52. The maximum absolute atomic E-state index is 12.4. The van der Waals surface area contributed by atoms with Gasteiger partial charge in [-0.2, -0.15) is 4.31 Å². The molecule has 1 amide bonds. The van der Waals surface area contributed by atoms with Crippen molar-refractivity contribution in [1.82, 2.24) is 9.21 Å². The van der Waals surface area contributed by atoms with Crippen LogP contribution in [0.5, 0.6) is 0 Å². The third kappa shape index (κ3) is 4.78. The lowest BCUT2D eigenvalue weighted by molar-refractivity contribution is -0.137. The van der Waals surface area contributed by atoms with Crippen molar-refractivity contribution in [3.8, 4) is 0 Å². The molecule has 0 bridgehead atoms. The van der Waals surface area contributed by atoms with Crippen LogP contribution in [0.15, 0.2) is 29.2 Å². The zero-order chi connectivity index (χ0) is 18.5. The van der Waals surface area contributed by atoms with E-state index in [9.17, 15) is 18.0 Å². The molecule has 1 aromatic carbocycles. The highest BCUT2D eigenvalue weighted by Gasteiger charge is 2.23. The average molecular weight is 356 g/mol. The van der Waals surface area contributed by atoms with Gasteiger partial charge in [0.05, 0.1) is 11.3 Å². The van der Waals surface area contributed by atoms with Crippen molar-refractivity contribution in [2.24, 2.45) is 0 Å². The Labute approximate surface area is 142 Å². The minimum absolute atomic E-state index is 0.112. The Morgan fingerprint density at radius 3 is 2.12 bits per heavy atom. The van der Waals surface area contributed by atoms with Gasteiger partial charge in [-0.3, -0.25) is 9.59 Å². The summed E-state index contributed by atoms with van der Waals surface area (Å²) in [5, 5.41) is 8.72. The van der Waals surface area contributed by atoms with Crippen molar-refractivity contribution >= 4 is 21.9 Å². The standard InChI is InChI=1S/C16H24N2O5S/c1-5-18(11-10-15(19)20)16(21)13-6-8-14(9-7-13)24(22,23)17(4)12(2)3/h6-9,12H,5,10-11H2,1-4H3,(H,19,20). The van der Waals surface area contributed by atoms with E-state index in [1.54, 1.807) is 20.8 Å². The molecule has 0 saturated heterocycles. The van der Waals surface area contributed by atoms with E-state index >= 15 is 0 Å². The fraction of sp³-hybridized carbons (Fsp3) is 0.500. The second-order valence-corrected chi connectivity index (χ2v) is 7.67. The van der Waals surface area contributed by atoms with E-state index in [0.29, 0.717) is 12.1 Å². The predicted octanol–water partition coefficient (Wildman–Crippen LogP) is 1.65. The molecule has 24 heavy (non-hydrogen) atoms. The molecule has 0 aliphatic heterocycles. The van der Waals surface area contributed by atoms with Crippen LogP contribution in [0, 0.1) is 0 Å². The monoisotopic (exact) mass is 356 g/mol. The number of carbonyl (C=O) groups is 2. The Morgan fingerprint density at radius 1 is 1.17 bits per heavy atom. The number of nitrogens with zero attached hydrogens (tertiary/aromatic N) is 2. The van der Waals surface area contributed by atoms with Crippen molar-refractivity contribution in [2.45, 2.75) is 38.1 Å². The van der Waals surface area contributed by atoms with Crippen LogP contribution in [0.25, 0.3) is 0 Å². The molecule has 0 aromatic heterocycles. The number of hydrogen-bond acceptors (Lipinski definition) is 4. The summed E-state index contributed by atoms with van der Waals surface area (Å²) in [5.74, 6) is -1.29. The predicted molar refractivity (Wildman–Crippen MR) is 90.4 cm³/mol. The molecular weight excluding hydrogens is 332 g/mol. The number of carboxylic acids is 1. The van der Waals surface area contributed by atoms with E-state index in [2.05, 4.69) is 0 Å². The molecule has 1 aromatic rings. The van der Waals surface area contributed by atoms with Crippen molar-refractivity contribution in [1.29, 1.82) is 0 Å². The fourth-order valence-electron chi connectivity index (χ4n) is 2.03. The smallest absolute Gasteiger partial charge is 0.305 e. The zero-order valence-electron chi connectivity index (χ0n) is 14.4. The van der Waals surface area contributed by atoms with Gasteiger partial charge in [-0.25, -0.2) is 8.42 Å². The molecule has 0 saturated carbocycles. The minimum Gasteiger partial charge on any atom is -0.481 e. The number of carbonyl (C=O) groups excluding carboxylic acids is 1. The topological polar surface area (TPSA) is 95.0 Å². The van der Waals surface area contributed by atoms with Gasteiger partial charge in [0.15, 0.2) is 0 Å². The molecule has 0 unspecified atom stereocenters. The Hall–Kier alpha value is -1.93. The number of benzene rings is 1. The van der Waals surface area contributed by atoms with Crippen LogP contribution in [0.4, 0.5) is 0 Å². The third-order valence-corrected chi connectivity index (χ3v) is 5.82. The summed E-state index contributed by atoms with van der Waals surface area (Å²) in [6.45, 7) is 5.80. The molecule has 0 radical (unpaired) electrons. The van der Waals surface area contributed by atoms with Gasteiger partial charge in [0, 0.05) is 31.7 Å². The van der Waals surface area contributed by atoms with E-state index in [4.69, 9.17) is 5.11 Å². The lowest BCUT2D eigenvalue weighted by Gasteiger charge is -2.22. The van der Waals surface area contributed by atoms with Crippen LogP contribution in [-0.4, -0.2) is 60.8 Å². The quantitative estimate of drug-likeness (QED) is 0.764. The molecule has 8 heteroatoms. The summed E-state index contributed by atoms with van der Waals surface area (Å²) in [5.41, 5.74) is 0.327. The Kier molecular flexibility index (Phi) is 6.92. The molecular formula is C16H24N2O5S. The van der Waals surface area contributed by atoms with Crippen molar-refractivity contribution < 1.29 is 23.1 Å². The van der Waals surface area contributed by atoms with Gasteiger partial charge >= 0.3 is 5.97 Å². The normalized spacial score (nSPS) is 11.8. The van der Waals surface area contributed by atoms with E-state index in [1.807, 2.05) is 0 Å². The summed E-state index contributed by atoms with van der Waals surface area (Å²) < 4.78 is 26.0. The molecule has 0 aliphatic carbocycles. The number of hydrogen-bond donors (Lipinski definition) is 1. The zero-order valence-corrected chi connectivity index (χ0v) is 15.2. The lowest BCUT2D eigenvalue weighted by atomic mass is 10.2. The molecule has 1 rings (SSSR count). The van der Waals surface area contributed by atoms with Crippen molar-refractivity contribution in [3.63, 3.8) is 0 Å². The Bertz CT molecular complexity index is 683. The molecule has 7 nitrogen and oxygen atoms in total. The summed E-state index contributed by atoms with van der Waals surface area (Å²) in [7, 11) is -2.09. The average Bonchev–Trinajstić information content (AvgIpc) is 2.54. The first-order valence-corrected chi connectivity index (χ1v) is 9.14. The molecule has 0 fully saturated rings. The first-order valence-electron chi connectivity index (χ1n) is 7.70. The highest BCUT2D eigenvalue weighted by Crippen LogP contribution is 2.18. The second-order valence-electron chi connectivity index (χ2n) is 5.67. The van der Waals surface area contributed by atoms with E-state index < -0.39 is 16.0 Å². The van der Waals surface area contributed by atoms with Crippen LogP contribution in [0.1, 0.15) is 37.6 Å². The fourth-order valence-corrected chi connectivity index (χ4v) is 3.40. The summed E-state index contributed by atoms with van der Waals surface area (Å²) in [4.78, 5) is 24.5. The van der Waals surface area contributed by atoms with Crippen LogP contribution in [0.3, 0.4) is 0 Å². The highest BCUT2D eigenvalue weighted by atomic mass is 32.2. The summed E-state index contributed by atoms with van der Waals surface area (Å²) >= 11 is 0. The molecule has 1 N–H and O–H groups in total. The Morgan fingerprint density at radius 2 is 1.71 bits per heavy atom. The number of amides is 1. The minimum atomic E-state index is -3.60. The molecule has 0 atom stereocenters. The number of aliphatic carboxylic acids is 1. The van der Waals surface area contributed by atoms with Gasteiger partial charge in [0.25, 0.3) is 5.91 Å². The highest BCUT2D eigenvalue weighted by molar-refractivity contribution is 7.89. The van der Waals surface area contributed by atoms with Crippen molar-refractivity contribution in [2.75, 3.05) is 20.1 Å². The van der Waals surface area contributed by atoms with Gasteiger partial charge in [0.1, 0.15) is 0 Å². The SMILES string of the molecule is CCN(CCC(=O)O)C(=O)c1ccc(S(=O)(=O)N(C)C(C)C)cc1. The maximum atomic E-state index is 12.4. The van der Waals surface area contributed by atoms with Crippen LogP contribution in [-0.2, 0) is 14.8 Å². The molecule has 134 valence electrons. The number of carboxylic acid groups (broad SMARTS) is 1. The van der Waals surface area contributed by atoms with Crippen LogP contribution >= 0.6 is 0 Å². The first-order chi connectivity index (χ1) is 11.1. The molecule has 0 heterocycles. The third-order valence-electron chi connectivity index (χ3n) is 3.77. The molecule has 0 aliphatic rings. The number of rotatable bonds is 8. The van der Waals surface area contributed by atoms with Crippen molar-refractivity contribution in [3.05, 3.63) is 29.8 Å². The number of sulfonamides is 1. The van der Waals surface area contributed by atoms with E-state index in [-0.39, 0.29) is 29.8 Å². The summed E-state index contributed by atoms with van der Waals surface area (Å²) in [6.07, 6.45) is -0.134. The Balaban J connectivity index is 2.98. The molecule has 0 spiro atoms. The maximum Gasteiger partial charge on any atom is 0.305 e. The van der Waals surface area contributed by atoms with Gasteiger partial charge in [-0.15, -0.1) is 0 Å².